The maximum Gasteiger partial charge on any atom is 0.272 e. The molecule has 1 aliphatic heterocycles. The Kier molecular flexibility index (Phi) is 4.65. The van der Waals surface area contributed by atoms with Crippen LogP contribution >= 0.6 is 12.4 Å². The number of hydrogen-bond acceptors (Lipinski definition) is 3. The van der Waals surface area contributed by atoms with E-state index in [0.717, 1.165) is 43.6 Å². The molecule has 0 unspecified atom stereocenters. The standard InChI is InChI=1S/C18H22N4O.ClH/c1-18(8-12-4-2-3-5-13(12)9-18)11-20-17(23)16-14-10-19-7-6-15(14)21-22-16;/h2-5,19H,6-11H2,1H3,(H,20,23)(H,21,22);1H. The molecule has 24 heavy (non-hydrogen) atoms. The molecule has 2 heterocycles. The highest BCUT2D eigenvalue weighted by Crippen LogP contribution is 2.36. The number of benzene rings is 1. The predicted molar refractivity (Wildman–Crippen MR) is 95.5 cm³/mol. The van der Waals surface area contributed by atoms with Gasteiger partial charge in [0.2, 0.25) is 0 Å². The molecule has 1 amide bonds. The van der Waals surface area contributed by atoms with Crippen molar-refractivity contribution in [2.24, 2.45) is 5.41 Å². The van der Waals surface area contributed by atoms with Gasteiger partial charge in [-0.3, -0.25) is 9.89 Å². The van der Waals surface area contributed by atoms with Gasteiger partial charge in [0.1, 0.15) is 0 Å². The lowest BCUT2D eigenvalue weighted by atomic mass is 9.87. The first-order chi connectivity index (χ1) is 11.1. The van der Waals surface area contributed by atoms with Crippen molar-refractivity contribution in [2.45, 2.75) is 32.7 Å². The molecule has 0 spiro atoms. The first kappa shape index (κ1) is 17.0. The molecule has 0 fully saturated rings. The molecule has 0 bridgehead atoms. The SMILES string of the molecule is CC1(CNC(=O)c2n[nH]c3c2CNCC3)Cc2ccccc2C1.Cl. The van der Waals surface area contributed by atoms with Gasteiger partial charge in [-0.25, -0.2) is 0 Å². The van der Waals surface area contributed by atoms with E-state index in [2.05, 4.69) is 52.0 Å². The molecule has 1 aromatic carbocycles. The number of carbonyl (C=O) groups excluding carboxylic acids is 1. The number of nitrogens with one attached hydrogen (secondary N) is 3. The van der Waals surface area contributed by atoms with Crippen LogP contribution in [0.1, 0.15) is 39.8 Å². The fourth-order valence-electron chi connectivity index (χ4n) is 3.80. The van der Waals surface area contributed by atoms with Crippen LogP contribution in [0.15, 0.2) is 24.3 Å². The number of nitrogens with zero attached hydrogens (tertiary/aromatic N) is 1. The number of aromatic nitrogens is 2. The van der Waals surface area contributed by atoms with Crippen molar-refractivity contribution in [1.82, 2.24) is 20.8 Å². The predicted octanol–water partition coefficient (Wildman–Crippen LogP) is 2.01. The quantitative estimate of drug-likeness (QED) is 0.796. The highest BCUT2D eigenvalue weighted by Gasteiger charge is 2.33. The number of aromatic amines is 1. The Bertz CT molecular complexity index is 730. The molecule has 1 aliphatic carbocycles. The summed E-state index contributed by atoms with van der Waals surface area (Å²) in [6.45, 7) is 4.58. The van der Waals surface area contributed by atoms with Crippen LogP contribution in [0.3, 0.4) is 0 Å². The van der Waals surface area contributed by atoms with Gasteiger partial charge in [-0.1, -0.05) is 31.2 Å². The van der Waals surface area contributed by atoms with E-state index in [4.69, 9.17) is 0 Å². The third-order valence-corrected chi connectivity index (χ3v) is 5.05. The van der Waals surface area contributed by atoms with Gasteiger partial charge in [0.15, 0.2) is 5.69 Å². The fraction of sp³-hybridized carbons (Fsp3) is 0.444. The van der Waals surface area contributed by atoms with Gasteiger partial charge in [0, 0.05) is 37.3 Å². The number of H-pyrrole nitrogens is 1. The third kappa shape index (κ3) is 3.06. The maximum absolute atomic E-state index is 12.5. The van der Waals surface area contributed by atoms with Crippen molar-refractivity contribution in [3.05, 3.63) is 52.3 Å². The lowest BCUT2D eigenvalue weighted by Gasteiger charge is -2.24. The van der Waals surface area contributed by atoms with Crippen LogP contribution in [0, 0.1) is 5.41 Å². The lowest BCUT2D eigenvalue weighted by Crippen LogP contribution is -2.37. The van der Waals surface area contributed by atoms with Crippen molar-refractivity contribution >= 4 is 18.3 Å². The zero-order chi connectivity index (χ0) is 15.9. The minimum atomic E-state index is -0.0663. The number of amides is 1. The van der Waals surface area contributed by atoms with Crippen LogP contribution in [-0.2, 0) is 25.8 Å². The zero-order valence-corrected chi connectivity index (χ0v) is 14.6. The van der Waals surface area contributed by atoms with Crippen LogP contribution in [0.5, 0.6) is 0 Å². The Morgan fingerprint density at radius 3 is 2.71 bits per heavy atom. The van der Waals surface area contributed by atoms with Gasteiger partial charge in [0.05, 0.1) is 0 Å². The molecule has 0 saturated carbocycles. The number of fused-ring (bicyclic) bond motifs is 2. The van der Waals surface area contributed by atoms with Crippen LogP contribution in [-0.4, -0.2) is 29.2 Å². The molecule has 1 aromatic heterocycles. The van der Waals surface area contributed by atoms with Crippen molar-refractivity contribution in [2.75, 3.05) is 13.1 Å². The maximum atomic E-state index is 12.5. The summed E-state index contributed by atoms with van der Waals surface area (Å²) in [5.74, 6) is -0.0663. The number of rotatable bonds is 3. The van der Waals surface area contributed by atoms with Crippen molar-refractivity contribution < 1.29 is 4.79 Å². The second kappa shape index (κ2) is 6.57. The molecule has 2 aromatic rings. The second-order valence-corrected chi connectivity index (χ2v) is 7.07. The van der Waals surface area contributed by atoms with Gasteiger partial charge < -0.3 is 10.6 Å². The molecule has 4 rings (SSSR count). The summed E-state index contributed by atoms with van der Waals surface area (Å²) in [5.41, 5.74) is 5.57. The molecule has 0 atom stereocenters. The van der Waals surface area contributed by atoms with E-state index in [0.29, 0.717) is 12.2 Å². The van der Waals surface area contributed by atoms with Gasteiger partial charge in [0.25, 0.3) is 5.91 Å². The summed E-state index contributed by atoms with van der Waals surface area (Å²) in [6, 6.07) is 8.56. The number of halogens is 1. The van der Waals surface area contributed by atoms with Gasteiger partial charge in [-0.2, -0.15) is 5.10 Å². The number of hydrogen-bond donors (Lipinski definition) is 3. The molecule has 0 radical (unpaired) electrons. The highest BCUT2D eigenvalue weighted by atomic mass is 35.5. The molecule has 5 nitrogen and oxygen atoms in total. The largest absolute Gasteiger partial charge is 0.350 e. The summed E-state index contributed by atoms with van der Waals surface area (Å²) in [6.07, 6.45) is 2.94. The normalized spacial score (nSPS) is 17.5. The minimum absolute atomic E-state index is 0. The molecule has 128 valence electrons. The molecule has 0 saturated heterocycles. The van der Waals surface area contributed by atoms with Crippen LogP contribution in [0.4, 0.5) is 0 Å². The Morgan fingerprint density at radius 1 is 1.29 bits per heavy atom. The van der Waals surface area contributed by atoms with Crippen molar-refractivity contribution in [3.8, 4) is 0 Å². The van der Waals surface area contributed by atoms with Gasteiger partial charge in [-0.05, 0) is 29.4 Å². The highest BCUT2D eigenvalue weighted by molar-refractivity contribution is 5.94. The molecule has 2 aliphatic rings. The average molecular weight is 347 g/mol. The first-order valence-electron chi connectivity index (χ1n) is 8.26. The van der Waals surface area contributed by atoms with Crippen LogP contribution < -0.4 is 10.6 Å². The molecular formula is C18H23ClN4O. The Morgan fingerprint density at radius 2 is 2.00 bits per heavy atom. The van der Waals surface area contributed by atoms with E-state index in [9.17, 15) is 4.79 Å². The molecule has 6 heteroatoms. The minimum Gasteiger partial charge on any atom is -0.350 e. The molecular weight excluding hydrogens is 324 g/mol. The van der Waals surface area contributed by atoms with Crippen molar-refractivity contribution in [3.63, 3.8) is 0 Å². The summed E-state index contributed by atoms with van der Waals surface area (Å²) < 4.78 is 0. The van der Waals surface area contributed by atoms with E-state index >= 15 is 0 Å². The summed E-state index contributed by atoms with van der Waals surface area (Å²) >= 11 is 0. The topological polar surface area (TPSA) is 69.8 Å². The van der Waals surface area contributed by atoms with Gasteiger partial charge in [-0.15, -0.1) is 12.4 Å². The van der Waals surface area contributed by atoms with Gasteiger partial charge >= 0.3 is 0 Å². The monoisotopic (exact) mass is 346 g/mol. The van der Waals surface area contributed by atoms with E-state index in [1.165, 1.54) is 11.1 Å². The number of carbonyl (C=O) groups is 1. The van der Waals surface area contributed by atoms with Crippen LogP contribution in [0.2, 0.25) is 0 Å². The first-order valence-corrected chi connectivity index (χ1v) is 8.26. The second-order valence-electron chi connectivity index (χ2n) is 7.07. The lowest BCUT2D eigenvalue weighted by molar-refractivity contribution is 0.0928. The van der Waals surface area contributed by atoms with E-state index in [1.54, 1.807) is 0 Å². The van der Waals surface area contributed by atoms with Crippen molar-refractivity contribution in [1.29, 1.82) is 0 Å². The smallest absolute Gasteiger partial charge is 0.272 e. The molecule has 3 N–H and O–H groups in total. The van der Waals surface area contributed by atoms with E-state index in [-0.39, 0.29) is 23.7 Å². The summed E-state index contributed by atoms with van der Waals surface area (Å²) in [7, 11) is 0. The van der Waals surface area contributed by atoms with E-state index in [1.807, 2.05) is 0 Å². The zero-order valence-electron chi connectivity index (χ0n) is 13.8. The Balaban J connectivity index is 0.00000169. The Labute approximate surface area is 148 Å². The Hall–Kier alpha value is -1.85. The van der Waals surface area contributed by atoms with Crippen LogP contribution in [0.25, 0.3) is 0 Å². The fourth-order valence-corrected chi connectivity index (χ4v) is 3.80. The summed E-state index contributed by atoms with van der Waals surface area (Å²) in [5, 5.41) is 13.6. The third-order valence-electron chi connectivity index (χ3n) is 5.05. The average Bonchev–Trinajstić information content (AvgIpc) is 3.13. The van der Waals surface area contributed by atoms with E-state index < -0.39 is 0 Å². The summed E-state index contributed by atoms with van der Waals surface area (Å²) in [4.78, 5) is 12.5.